The predicted molar refractivity (Wildman–Crippen MR) is 179 cm³/mol. The number of thioether (sulfide) groups is 1. The normalized spacial score (nSPS) is 11.9. The highest BCUT2D eigenvalue weighted by Gasteiger charge is 2.17. The molecular weight excluding hydrogens is 622 g/mol. The molecule has 3 amide bonds. The lowest BCUT2D eigenvalue weighted by Crippen LogP contribution is -2.30. The van der Waals surface area contributed by atoms with Crippen LogP contribution in [0.5, 0.6) is 0 Å². The Bertz CT molecular complexity index is 1800. The molecule has 0 saturated heterocycles. The van der Waals surface area contributed by atoms with Gasteiger partial charge in [-0.3, -0.25) is 14.4 Å². The summed E-state index contributed by atoms with van der Waals surface area (Å²) in [6.07, 6.45) is 1.63. The van der Waals surface area contributed by atoms with E-state index in [1.165, 1.54) is 11.8 Å². The second-order valence-electron chi connectivity index (χ2n) is 9.69. The van der Waals surface area contributed by atoms with Gasteiger partial charge in [0.25, 0.3) is 11.8 Å². The standard InChI is InChI=1S/C35H28BrN3O3S/c1-23(33(40)38-31-16-8-13-25-10-5-6-15-30(25)31)43-29-19-17-28(18-20-29)37-35(42)32(22-24-9-7-14-27(36)21-24)39-34(41)26-11-3-2-4-12-26/h2-23H,1H3,(H,37,42)(H,38,40)(H,39,41)/b32-22-. The molecule has 5 rings (SSSR count). The molecule has 0 aliphatic heterocycles. The first-order valence-corrected chi connectivity index (χ1v) is 15.2. The zero-order valence-electron chi connectivity index (χ0n) is 23.2. The van der Waals surface area contributed by atoms with Crippen molar-refractivity contribution in [1.82, 2.24) is 5.32 Å². The molecule has 3 N–H and O–H groups in total. The van der Waals surface area contributed by atoms with E-state index >= 15 is 0 Å². The zero-order chi connectivity index (χ0) is 30.2. The number of benzene rings is 5. The van der Waals surface area contributed by atoms with E-state index in [1.54, 1.807) is 42.5 Å². The highest BCUT2D eigenvalue weighted by Crippen LogP contribution is 2.28. The second-order valence-corrected chi connectivity index (χ2v) is 12.0. The summed E-state index contributed by atoms with van der Waals surface area (Å²) in [5, 5.41) is 10.4. The Balaban J connectivity index is 1.25. The molecule has 5 aromatic carbocycles. The number of amides is 3. The first kappa shape index (κ1) is 29.8. The first-order chi connectivity index (χ1) is 20.9. The van der Waals surface area contributed by atoms with Crippen LogP contribution >= 0.6 is 27.7 Å². The van der Waals surface area contributed by atoms with Crippen LogP contribution in [-0.4, -0.2) is 23.0 Å². The van der Waals surface area contributed by atoms with Crippen molar-refractivity contribution in [2.24, 2.45) is 0 Å². The van der Waals surface area contributed by atoms with Crippen molar-refractivity contribution in [2.45, 2.75) is 17.1 Å². The van der Waals surface area contributed by atoms with Crippen LogP contribution in [-0.2, 0) is 9.59 Å². The molecule has 0 aliphatic rings. The third-order valence-electron chi connectivity index (χ3n) is 6.53. The van der Waals surface area contributed by atoms with Crippen molar-refractivity contribution in [3.8, 4) is 0 Å². The molecule has 5 aromatic rings. The lowest BCUT2D eigenvalue weighted by Gasteiger charge is -2.14. The molecule has 1 unspecified atom stereocenters. The van der Waals surface area contributed by atoms with Gasteiger partial charge in [-0.15, -0.1) is 11.8 Å². The summed E-state index contributed by atoms with van der Waals surface area (Å²) in [6.45, 7) is 1.86. The summed E-state index contributed by atoms with van der Waals surface area (Å²) in [5.41, 5.74) is 2.62. The fourth-order valence-corrected chi connectivity index (χ4v) is 5.63. The number of carbonyl (C=O) groups is 3. The number of anilines is 2. The van der Waals surface area contributed by atoms with E-state index in [2.05, 4.69) is 31.9 Å². The van der Waals surface area contributed by atoms with Crippen LogP contribution in [0.4, 0.5) is 11.4 Å². The smallest absolute Gasteiger partial charge is 0.272 e. The summed E-state index contributed by atoms with van der Waals surface area (Å²) in [4.78, 5) is 40.1. The number of rotatable bonds is 9. The van der Waals surface area contributed by atoms with Crippen LogP contribution in [0.2, 0.25) is 0 Å². The summed E-state index contributed by atoms with van der Waals surface area (Å²) >= 11 is 4.87. The number of hydrogen-bond donors (Lipinski definition) is 3. The SMILES string of the molecule is CC(Sc1ccc(NC(=O)/C(=C/c2cccc(Br)c2)NC(=O)c2ccccc2)cc1)C(=O)Nc1cccc2ccccc12. The van der Waals surface area contributed by atoms with E-state index in [1.807, 2.05) is 91.9 Å². The van der Waals surface area contributed by atoms with Crippen LogP contribution in [0.25, 0.3) is 16.8 Å². The van der Waals surface area contributed by atoms with Gasteiger partial charge in [0.1, 0.15) is 5.70 Å². The Morgan fingerprint density at radius 2 is 1.47 bits per heavy atom. The molecule has 0 spiro atoms. The molecule has 1 atom stereocenters. The Labute approximate surface area is 262 Å². The van der Waals surface area contributed by atoms with Gasteiger partial charge >= 0.3 is 0 Å². The van der Waals surface area contributed by atoms with E-state index in [9.17, 15) is 14.4 Å². The van der Waals surface area contributed by atoms with Crippen LogP contribution < -0.4 is 16.0 Å². The van der Waals surface area contributed by atoms with Gasteiger partial charge in [-0.25, -0.2) is 0 Å². The summed E-state index contributed by atoms with van der Waals surface area (Å²) in [7, 11) is 0. The molecule has 0 aliphatic carbocycles. The van der Waals surface area contributed by atoms with E-state index in [0.717, 1.165) is 31.4 Å². The van der Waals surface area contributed by atoms with Crippen molar-refractivity contribution >= 4 is 73.6 Å². The van der Waals surface area contributed by atoms with E-state index in [4.69, 9.17) is 0 Å². The highest BCUT2D eigenvalue weighted by atomic mass is 79.9. The number of halogens is 1. The van der Waals surface area contributed by atoms with Gasteiger partial charge in [0.05, 0.1) is 5.25 Å². The van der Waals surface area contributed by atoms with E-state index in [0.29, 0.717) is 11.3 Å². The second kappa shape index (κ2) is 14.0. The van der Waals surface area contributed by atoms with E-state index in [-0.39, 0.29) is 22.8 Å². The molecule has 214 valence electrons. The first-order valence-electron chi connectivity index (χ1n) is 13.6. The van der Waals surface area contributed by atoms with Gasteiger partial charge in [0.2, 0.25) is 5.91 Å². The Kier molecular flexibility index (Phi) is 9.71. The largest absolute Gasteiger partial charge is 0.325 e. The maximum absolute atomic E-state index is 13.3. The molecule has 0 radical (unpaired) electrons. The minimum Gasteiger partial charge on any atom is -0.325 e. The number of hydrogen-bond acceptors (Lipinski definition) is 4. The average molecular weight is 651 g/mol. The van der Waals surface area contributed by atoms with Crippen LogP contribution in [0.3, 0.4) is 0 Å². The number of fused-ring (bicyclic) bond motifs is 1. The molecule has 0 heterocycles. The molecule has 0 saturated carbocycles. The van der Waals surface area contributed by atoms with Gasteiger partial charge in [0, 0.05) is 31.7 Å². The number of nitrogens with one attached hydrogen (secondary N) is 3. The minimum absolute atomic E-state index is 0.101. The lowest BCUT2D eigenvalue weighted by atomic mass is 10.1. The topological polar surface area (TPSA) is 87.3 Å². The van der Waals surface area contributed by atoms with Crippen molar-refractivity contribution in [3.05, 3.63) is 143 Å². The Morgan fingerprint density at radius 1 is 0.767 bits per heavy atom. The average Bonchev–Trinajstić information content (AvgIpc) is 3.02. The molecule has 0 fully saturated rings. The predicted octanol–water partition coefficient (Wildman–Crippen LogP) is 8.13. The molecular formula is C35H28BrN3O3S. The van der Waals surface area contributed by atoms with Crippen molar-refractivity contribution in [3.63, 3.8) is 0 Å². The van der Waals surface area contributed by atoms with Crippen LogP contribution in [0, 0.1) is 0 Å². The van der Waals surface area contributed by atoms with E-state index < -0.39 is 5.91 Å². The molecule has 43 heavy (non-hydrogen) atoms. The highest BCUT2D eigenvalue weighted by molar-refractivity contribution is 9.10. The molecule has 0 aromatic heterocycles. The van der Waals surface area contributed by atoms with Crippen molar-refractivity contribution < 1.29 is 14.4 Å². The summed E-state index contributed by atoms with van der Waals surface area (Å²) < 4.78 is 0.850. The van der Waals surface area contributed by atoms with Gasteiger partial charge in [-0.1, -0.05) is 82.7 Å². The fraction of sp³-hybridized carbons (Fsp3) is 0.0571. The molecule has 6 nitrogen and oxygen atoms in total. The Hall–Kier alpha value is -4.66. The zero-order valence-corrected chi connectivity index (χ0v) is 25.6. The fourth-order valence-electron chi connectivity index (χ4n) is 4.35. The van der Waals surface area contributed by atoms with Gasteiger partial charge in [0.15, 0.2) is 0 Å². The van der Waals surface area contributed by atoms with Crippen molar-refractivity contribution in [1.29, 1.82) is 0 Å². The van der Waals surface area contributed by atoms with Gasteiger partial charge < -0.3 is 16.0 Å². The third kappa shape index (κ3) is 8.00. The minimum atomic E-state index is -0.465. The van der Waals surface area contributed by atoms with Gasteiger partial charge in [-0.2, -0.15) is 0 Å². The van der Waals surface area contributed by atoms with Gasteiger partial charge in [-0.05, 0) is 78.5 Å². The maximum atomic E-state index is 13.3. The monoisotopic (exact) mass is 649 g/mol. The summed E-state index contributed by atoms with van der Waals surface area (Å²) in [6, 6.07) is 37.1. The third-order valence-corrected chi connectivity index (χ3v) is 8.14. The van der Waals surface area contributed by atoms with Crippen molar-refractivity contribution in [2.75, 3.05) is 10.6 Å². The molecule has 8 heteroatoms. The van der Waals surface area contributed by atoms with Crippen LogP contribution in [0.1, 0.15) is 22.8 Å². The lowest BCUT2D eigenvalue weighted by molar-refractivity contribution is -0.115. The number of carbonyl (C=O) groups excluding carboxylic acids is 3. The quantitative estimate of drug-likeness (QED) is 0.111. The maximum Gasteiger partial charge on any atom is 0.272 e. The summed E-state index contributed by atoms with van der Waals surface area (Å²) in [5.74, 6) is -0.956. The Morgan fingerprint density at radius 3 is 2.23 bits per heavy atom. The molecule has 0 bridgehead atoms. The van der Waals surface area contributed by atoms with Crippen LogP contribution in [0.15, 0.2) is 136 Å².